The highest BCUT2D eigenvalue weighted by Crippen LogP contribution is 2.18. The summed E-state index contributed by atoms with van der Waals surface area (Å²) in [5.41, 5.74) is 0.166. The van der Waals surface area contributed by atoms with E-state index in [2.05, 4.69) is 20.1 Å². The van der Waals surface area contributed by atoms with Gasteiger partial charge in [0.25, 0.3) is 5.91 Å². The molecule has 4 amide bonds. The molecule has 1 unspecified atom stereocenters. The summed E-state index contributed by atoms with van der Waals surface area (Å²) in [6.45, 7) is 3.33. The minimum absolute atomic E-state index is 0.0256. The molecule has 0 saturated carbocycles. The predicted octanol–water partition coefficient (Wildman–Crippen LogP) is 1.16. The lowest BCUT2D eigenvalue weighted by Gasteiger charge is -2.14. The monoisotopic (exact) mass is 405 g/mol. The molecular weight excluding hydrogens is 382 g/mol. The second kappa shape index (κ2) is 9.18. The smallest absolute Gasteiger partial charge is 0.337 e. The number of carbonyl (C=O) groups is 5. The molecule has 29 heavy (non-hydrogen) atoms. The molecular formula is C19H23N3O7. The van der Waals surface area contributed by atoms with E-state index in [0.717, 1.165) is 4.90 Å². The van der Waals surface area contributed by atoms with Gasteiger partial charge in [-0.05, 0) is 30.5 Å². The van der Waals surface area contributed by atoms with E-state index in [0.29, 0.717) is 6.42 Å². The third kappa shape index (κ3) is 5.31. The van der Waals surface area contributed by atoms with E-state index in [4.69, 9.17) is 0 Å². The van der Waals surface area contributed by atoms with Gasteiger partial charge in [-0.2, -0.15) is 0 Å². The zero-order valence-electron chi connectivity index (χ0n) is 16.6. The van der Waals surface area contributed by atoms with Gasteiger partial charge in [-0.1, -0.05) is 13.8 Å². The van der Waals surface area contributed by atoms with Gasteiger partial charge in [0.15, 0.2) is 0 Å². The molecule has 1 heterocycles. The molecule has 1 fully saturated rings. The van der Waals surface area contributed by atoms with Crippen molar-refractivity contribution in [2.24, 2.45) is 5.92 Å². The van der Waals surface area contributed by atoms with Crippen LogP contribution in [0.25, 0.3) is 0 Å². The first-order chi connectivity index (χ1) is 13.7. The highest BCUT2D eigenvalue weighted by molar-refractivity contribution is 6.08. The number of carbonyl (C=O) groups excluding carboxylic acids is 5. The largest absolute Gasteiger partial charge is 0.465 e. The summed E-state index contributed by atoms with van der Waals surface area (Å²) in [5, 5.41) is 5.03. The Bertz CT molecular complexity index is 816. The molecule has 2 rings (SSSR count). The number of rotatable bonds is 7. The van der Waals surface area contributed by atoms with Crippen molar-refractivity contribution in [3.05, 3.63) is 29.3 Å². The zero-order valence-corrected chi connectivity index (χ0v) is 16.6. The second-order valence-electron chi connectivity index (χ2n) is 6.89. The van der Waals surface area contributed by atoms with Crippen molar-refractivity contribution in [3.8, 4) is 0 Å². The standard InChI is InChI=1S/C19H23N3O7/c1-10(2)5-14-16(24)22(19(27)21-14)9-15(23)20-13-7-11(17(25)28-3)6-12(8-13)18(26)29-4/h6-8,10,14H,5,9H2,1-4H3,(H,20,23)(H,21,27). The van der Waals surface area contributed by atoms with Crippen LogP contribution >= 0.6 is 0 Å². The van der Waals surface area contributed by atoms with Crippen LogP contribution in [0.4, 0.5) is 10.5 Å². The van der Waals surface area contributed by atoms with Gasteiger partial charge in [-0.3, -0.25) is 14.5 Å². The summed E-state index contributed by atoms with van der Waals surface area (Å²) in [6.07, 6.45) is 0.465. The Hall–Kier alpha value is -3.43. The van der Waals surface area contributed by atoms with E-state index in [1.54, 1.807) is 0 Å². The van der Waals surface area contributed by atoms with Crippen LogP contribution in [0.15, 0.2) is 18.2 Å². The van der Waals surface area contributed by atoms with Crippen LogP contribution in [0.5, 0.6) is 0 Å². The number of anilines is 1. The summed E-state index contributed by atoms with van der Waals surface area (Å²) in [7, 11) is 2.35. The molecule has 0 bridgehead atoms. The van der Waals surface area contributed by atoms with Gasteiger partial charge < -0.3 is 20.1 Å². The summed E-state index contributed by atoms with van der Waals surface area (Å²) in [5.74, 6) is -2.38. The average molecular weight is 405 g/mol. The highest BCUT2D eigenvalue weighted by atomic mass is 16.5. The lowest BCUT2D eigenvalue weighted by atomic mass is 10.0. The van der Waals surface area contributed by atoms with Crippen LogP contribution in [0.3, 0.4) is 0 Å². The summed E-state index contributed by atoms with van der Waals surface area (Å²) < 4.78 is 9.27. The molecule has 0 aliphatic carbocycles. The minimum atomic E-state index is -0.711. The topological polar surface area (TPSA) is 131 Å². The molecule has 156 valence electrons. The van der Waals surface area contributed by atoms with Gasteiger partial charge in [0.1, 0.15) is 12.6 Å². The van der Waals surface area contributed by atoms with Crippen LogP contribution in [-0.4, -0.2) is 61.5 Å². The van der Waals surface area contributed by atoms with Gasteiger partial charge in [0.05, 0.1) is 25.3 Å². The Morgan fingerprint density at radius 1 is 1.07 bits per heavy atom. The van der Waals surface area contributed by atoms with E-state index >= 15 is 0 Å². The molecule has 10 nitrogen and oxygen atoms in total. The van der Waals surface area contributed by atoms with E-state index in [1.807, 2.05) is 13.8 Å². The van der Waals surface area contributed by atoms with Crippen LogP contribution in [0.2, 0.25) is 0 Å². The molecule has 2 N–H and O–H groups in total. The van der Waals surface area contributed by atoms with Crippen LogP contribution < -0.4 is 10.6 Å². The van der Waals surface area contributed by atoms with Crippen molar-refractivity contribution in [3.63, 3.8) is 0 Å². The number of nitrogens with one attached hydrogen (secondary N) is 2. The average Bonchev–Trinajstić information content (AvgIpc) is 2.93. The molecule has 1 aromatic carbocycles. The number of nitrogens with zero attached hydrogens (tertiary/aromatic N) is 1. The number of urea groups is 1. The van der Waals surface area contributed by atoms with Crippen molar-refractivity contribution >= 4 is 35.5 Å². The van der Waals surface area contributed by atoms with Gasteiger partial charge >= 0.3 is 18.0 Å². The Kier molecular flexibility index (Phi) is 6.92. The van der Waals surface area contributed by atoms with Gasteiger partial charge in [-0.25, -0.2) is 14.4 Å². The first kappa shape index (κ1) is 21.9. The zero-order chi connectivity index (χ0) is 21.7. The first-order valence-corrected chi connectivity index (χ1v) is 8.89. The number of amides is 4. The number of benzene rings is 1. The van der Waals surface area contributed by atoms with Crippen molar-refractivity contribution in [2.45, 2.75) is 26.3 Å². The van der Waals surface area contributed by atoms with Gasteiger partial charge in [0, 0.05) is 5.69 Å². The second-order valence-corrected chi connectivity index (χ2v) is 6.89. The van der Waals surface area contributed by atoms with Crippen molar-refractivity contribution in [2.75, 3.05) is 26.1 Å². The Labute approximate surface area is 167 Å². The number of imide groups is 1. The van der Waals surface area contributed by atoms with Gasteiger partial charge in [-0.15, -0.1) is 0 Å². The lowest BCUT2D eigenvalue weighted by molar-refractivity contribution is -0.131. The van der Waals surface area contributed by atoms with E-state index in [1.165, 1.54) is 32.4 Å². The van der Waals surface area contributed by atoms with E-state index in [-0.39, 0.29) is 22.7 Å². The van der Waals surface area contributed by atoms with Crippen LogP contribution in [0, 0.1) is 5.92 Å². The molecule has 0 radical (unpaired) electrons. The predicted molar refractivity (Wildman–Crippen MR) is 101 cm³/mol. The van der Waals surface area contributed by atoms with Crippen molar-refractivity contribution in [1.82, 2.24) is 10.2 Å². The molecule has 0 aromatic heterocycles. The van der Waals surface area contributed by atoms with E-state index in [9.17, 15) is 24.0 Å². The quantitative estimate of drug-likeness (QED) is 0.514. The lowest BCUT2D eigenvalue weighted by Crippen LogP contribution is -2.38. The highest BCUT2D eigenvalue weighted by Gasteiger charge is 2.39. The number of esters is 2. The third-order valence-electron chi connectivity index (χ3n) is 4.17. The maximum atomic E-state index is 12.4. The molecule has 1 aliphatic rings. The normalized spacial score (nSPS) is 15.9. The fourth-order valence-corrected chi connectivity index (χ4v) is 2.87. The van der Waals surface area contributed by atoms with Crippen molar-refractivity contribution in [1.29, 1.82) is 0 Å². The van der Waals surface area contributed by atoms with Crippen LogP contribution in [0.1, 0.15) is 41.0 Å². The summed E-state index contributed by atoms with van der Waals surface area (Å²) in [4.78, 5) is 61.2. The molecule has 1 atom stereocenters. The number of hydrogen-bond donors (Lipinski definition) is 2. The van der Waals surface area contributed by atoms with Crippen molar-refractivity contribution < 1.29 is 33.4 Å². The van der Waals surface area contributed by atoms with E-state index < -0.39 is 42.4 Å². The maximum Gasteiger partial charge on any atom is 0.337 e. The molecule has 10 heteroatoms. The third-order valence-corrected chi connectivity index (χ3v) is 4.17. The Balaban J connectivity index is 2.15. The fourth-order valence-electron chi connectivity index (χ4n) is 2.87. The molecule has 1 saturated heterocycles. The fraction of sp³-hybridized carbons (Fsp3) is 0.421. The maximum absolute atomic E-state index is 12.4. The SMILES string of the molecule is COC(=O)c1cc(NC(=O)CN2C(=O)NC(CC(C)C)C2=O)cc(C(=O)OC)c1. The summed E-state index contributed by atoms with van der Waals surface area (Å²) >= 11 is 0. The summed E-state index contributed by atoms with van der Waals surface area (Å²) in [6, 6.07) is 2.58. The Morgan fingerprint density at radius 2 is 1.62 bits per heavy atom. The molecule has 1 aromatic rings. The number of methoxy groups -OCH3 is 2. The van der Waals surface area contributed by atoms with Gasteiger partial charge in [0.2, 0.25) is 5.91 Å². The van der Waals surface area contributed by atoms with Crippen LogP contribution in [-0.2, 0) is 19.1 Å². The molecule has 0 spiro atoms. The number of ether oxygens (including phenoxy) is 2. The number of hydrogen-bond acceptors (Lipinski definition) is 7. The Morgan fingerprint density at radius 3 is 2.10 bits per heavy atom. The first-order valence-electron chi connectivity index (χ1n) is 8.89. The molecule has 1 aliphatic heterocycles. The minimum Gasteiger partial charge on any atom is -0.465 e.